The molecule has 1 amide bonds. The number of carbonyl (C=O) groups is 2. The molecule has 2 aliphatic carbocycles. The molecular formula is C17H18N2O6. The Morgan fingerprint density at radius 1 is 1.32 bits per heavy atom. The molecular weight excluding hydrogens is 328 g/mol. The number of ether oxygens (including phenoxy) is 1. The molecule has 1 aromatic carbocycles. The van der Waals surface area contributed by atoms with Crippen molar-refractivity contribution in [1.82, 2.24) is 0 Å². The quantitative estimate of drug-likeness (QED) is 0.464. The molecule has 4 atom stereocenters. The van der Waals surface area contributed by atoms with Crippen molar-refractivity contribution in [3.8, 4) is 5.75 Å². The van der Waals surface area contributed by atoms with Crippen molar-refractivity contribution in [3.05, 3.63) is 40.5 Å². The summed E-state index contributed by atoms with van der Waals surface area (Å²) in [6.45, 7) is 2.12. The van der Waals surface area contributed by atoms with E-state index in [1.807, 2.05) is 12.2 Å². The van der Waals surface area contributed by atoms with Crippen LogP contribution >= 0.6 is 0 Å². The van der Waals surface area contributed by atoms with E-state index >= 15 is 0 Å². The Labute approximate surface area is 143 Å². The number of nitro groups is 1. The molecule has 2 bridgehead atoms. The number of aliphatic carboxylic acids is 1. The van der Waals surface area contributed by atoms with E-state index in [-0.39, 0.29) is 23.2 Å². The normalized spacial score (nSPS) is 26.4. The lowest BCUT2D eigenvalue weighted by molar-refractivity contribution is -0.384. The molecule has 1 aromatic rings. The highest BCUT2D eigenvalue weighted by atomic mass is 16.6. The van der Waals surface area contributed by atoms with Crippen LogP contribution in [0, 0.1) is 33.8 Å². The average Bonchev–Trinajstić information content (AvgIpc) is 3.17. The highest BCUT2D eigenvalue weighted by Gasteiger charge is 2.51. The molecule has 25 heavy (non-hydrogen) atoms. The van der Waals surface area contributed by atoms with Gasteiger partial charge in [0.2, 0.25) is 5.91 Å². The second kappa shape index (κ2) is 6.54. The van der Waals surface area contributed by atoms with E-state index < -0.39 is 28.6 Å². The fraction of sp³-hybridized carbons (Fsp3) is 0.412. The maximum atomic E-state index is 12.6. The molecule has 0 radical (unpaired) electrons. The maximum absolute atomic E-state index is 12.6. The number of benzene rings is 1. The Balaban J connectivity index is 1.84. The van der Waals surface area contributed by atoms with Gasteiger partial charge in [-0.2, -0.15) is 0 Å². The van der Waals surface area contributed by atoms with Crippen molar-refractivity contribution in [3.63, 3.8) is 0 Å². The highest BCUT2D eigenvalue weighted by Crippen LogP contribution is 2.48. The van der Waals surface area contributed by atoms with Crippen molar-refractivity contribution in [1.29, 1.82) is 0 Å². The predicted molar refractivity (Wildman–Crippen MR) is 88.2 cm³/mol. The third kappa shape index (κ3) is 3.07. The lowest BCUT2D eigenvalue weighted by atomic mass is 9.82. The van der Waals surface area contributed by atoms with Crippen LogP contribution in [0.2, 0.25) is 0 Å². The first-order valence-corrected chi connectivity index (χ1v) is 8.05. The second-order valence-electron chi connectivity index (χ2n) is 6.20. The van der Waals surface area contributed by atoms with Gasteiger partial charge in [-0.3, -0.25) is 19.7 Å². The third-order valence-corrected chi connectivity index (χ3v) is 4.78. The number of hydrogen-bond donors (Lipinski definition) is 2. The summed E-state index contributed by atoms with van der Waals surface area (Å²) >= 11 is 0. The van der Waals surface area contributed by atoms with Gasteiger partial charge in [0.05, 0.1) is 29.4 Å². The lowest BCUT2D eigenvalue weighted by Gasteiger charge is -2.23. The zero-order valence-corrected chi connectivity index (χ0v) is 13.5. The van der Waals surface area contributed by atoms with E-state index in [0.29, 0.717) is 18.8 Å². The minimum Gasteiger partial charge on any atom is -0.494 e. The van der Waals surface area contributed by atoms with Gasteiger partial charge in [-0.05, 0) is 37.3 Å². The lowest BCUT2D eigenvalue weighted by Crippen LogP contribution is -2.36. The molecule has 8 heteroatoms. The SMILES string of the molecule is CCOc1ccc(NC(=O)[C@H]2[C@@H](C(=O)O)[C@H]3C=C[C@H]2C3)c([N+](=O)[O-])c1. The van der Waals surface area contributed by atoms with Crippen LogP contribution in [-0.4, -0.2) is 28.5 Å². The van der Waals surface area contributed by atoms with Crippen LogP contribution in [0.25, 0.3) is 0 Å². The number of nitrogens with one attached hydrogen (secondary N) is 1. The Morgan fingerprint density at radius 2 is 2.00 bits per heavy atom. The zero-order chi connectivity index (χ0) is 18.1. The maximum Gasteiger partial charge on any atom is 0.307 e. The number of nitro benzene ring substituents is 1. The minimum atomic E-state index is -1.02. The summed E-state index contributed by atoms with van der Waals surface area (Å²) in [5, 5.41) is 23.2. The zero-order valence-electron chi connectivity index (χ0n) is 13.5. The molecule has 0 spiro atoms. The molecule has 1 fully saturated rings. The Bertz CT molecular complexity index is 760. The molecule has 132 valence electrons. The average molecular weight is 346 g/mol. The van der Waals surface area contributed by atoms with Gasteiger partial charge in [-0.15, -0.1) is 0 Å². The van der Waals surface area contributed by atoms with E-state index in [0.717, 1.165) is 0 Å². The molecule has 0 unspecified atom stereocenters. The summed E-state index contributed by atoms with van der Waals surface area (Å²) < 4.78 is 5.24. The first-order valence-electron chi connectivity index (χ1n) is 8.05. The van der Waals surface area contributed by atoms with Gasteiger partial charge in [0.1, 0.15) is 11.4 Å². The summed E-state index contributed by atoms with van der Waals surface area (Å²) in [4.78, 5) is 34.8. The van der Waals surface area contributed by atoms with Crippen LogP contribution in [0.4, 0.5) is 11.4 Å². The topological polar surface area (TPSA) is 119 Å². The van der Waals surface area contributed by atoms with Crippen LogP contribution in [0.3, 0.4) is 0 Å². The van der Waals surface area contributed by atoms with Gasteiger partial charge in [0, 0.05) is 0 Å². The standard InChI is InChI=1S/C17H18N2O6/c1-2-25-11-5-6-12(13(8-11)19(23)24)18-16(20)14-9-3-4-10(7-9)15(14)17(21)22/h3-6,8-10,14-15H,2,7H2,1H3,(H,18,20)(H,21,22)/t9-,10-,14+,15-/m0/s1. The number of carboxylic acids is 1. The van der Waals surface area contributed by atoms with Gasteiger partial charge in [-0.1, -0.05) is 12.2 Å². The molecule has 2 aliphatic rings. The highest BCUT2D eigenvalue weighted by molar-refractivity contribution is 5.98. The number of hydrogen-bond acceptors (Lipinski definition) is 5. The third-order valence-electron chi connectivity index (χ3n) is 4.78. The summed E-state index contributed by atoms with van der Waals surface area (Å²) in [5.41, 5.74) is -0.251. The largest absolute Gasteiger partial charge is 0.494 e. The summed E-state index contributed by atoms with van der Waals surface area (Å²) in [6.07, 6.45) is 4.33. The van der Waals surface area contributed by atoms with Crippen molar-refractivity contribution in [2.45, 2.75) is 13.3 Å². The van der Waals surface area contributed by atoms with Crippen LogP contribution in [0.1, 0.15) is 13.3 Å². The van der Waals surface area contributed by atoms with Crippen molar-refractivity contribution >= 4 is 23.3 Å². The number of rotatable bonds is 6. The number of amides is 1. The van der Waals surface area contributed by atoms with E-state index in [1.165, 1.54) is 18.2 Å². The predicted octanol–water partition coefficient (Wildman–Crippen LogP) is 2.45. The Morgan fingerprint density at radius 3 is 2.60 bits per heavy atom. The number of carbonyl (C=O) groups excluding carboxylic acids is 1. The van der Waals surface area contributed by atoms with Crippen molar-refractivity contribution < 1.29 is 24.4 Å². The molecule has 2 N–H and O–H groups in total. The monoisotopic (exact) mass is 346 g/mol. The van der Waals surface area contributed by atoms with E-state index in [4.69, 9.17) is 4.74 Å². The molecule has 8 nitrogen and oxygen atoms in total. The number of allylic oxidation sites excluding steroid dienone is 2. The van der Waals surface area contributed by atoms with Crippen LogP contribution < -0.4 is 10.1 Å². The van der Waals surface area contributed by atoms with E-state index in [1.54, 1.807) is 6.92 Å². The fourth-order valence-corrected chi connectivity index (χ4v) is 3.76. The number of fused-ring (bicyclic) bond motifs is 2. The Kier molecular flexibility index (Phi) is 4.43. The summed E-state index contributed by atoms with van der Waals surface area (Å²) in [5.74, 6) is -3.01. The van der Waals surface area contributed by atoms with Crippen molar-refractivity contribution in [2.75, 3.05) is 11.9 Å². The molecule has 0 saturated heterocycles. The van der Waals surface area contributed by atoms with Gasteiger partial charge < -0.3 is 15.2 Å². The number of carboxylic acid groups (broad SMARTS) is 1. The Hall–Kier alpha value is -2.90. The molecule has 3 rings (SSSR count). The van der Waals surface area contributed by atoms with E-state index in [9.17, 15) is 24.8 Å². The van der Waals surface area contributed by atoms with Crippen LogP contribution in [-0.2, 0) is 9.59 Å². The molecule has 0 heterocycles. The first kappa shape index (κ1) is 16.9. The molecule has 1 saturated carbocycles. The molecule has 0 aromatic heterocycles. The van der Waals surface area contributed by atoms with Gasteiger partial charge in [0.15, 0.2) is 0 Å². The summed E-state index contributed by atoms with van der Waals surface area (Å²) in [6, 6.07) is 4.18. The minimum absolute atomic E-state index is 0.0364. The molecule has 0 aliphatic heterocycles. The number of nitrogens with zero attached hydrogens (tertiary/aromatic N) is 1. The van der Waals surface area contributed by atoms with Crippen LogP contribution in [0.15, 0.2) is 30.4 Å². The van der Waals surface area contributed by atoms with Gasteiger partial charge in [-0.25, -0.2) is 0 Å². The summed E-state index contributed by atoms with van der Waals surface area (Å²) in [7, 11) is 0. The first-order chi connectivity index (χ1) is 11.9. The fourth-order valence-electron chi connectivity index (χ4n) is 3.76. The second-order valence-corrected chi connectivity index (χ2v) is 6.20. The smallest absolute Gasteiger partial charge is 0.307 e. The number of anilines is 1. The van der Waals surface area contributed by atoms with Gasteiger partial charge >= 0.3 is 5.97 Å². The van der Waals surface area contributed by atoms with E-state index in [2.05, 4.69) is 5.32 Å². The van der Waals surface area contributed by atoms with Gasteiger partial charge in [0.25, 0.3) is 5.69 Å². The van der Waals surface area contributed by atoms with Crippen LogP contribution in [0.5, 0.6) is 5.75 Å². The van der Waals surface area contributed by atoms with Crippen molar-refractivity contribution in [2.24, 2.45) is 23.7 Å².